The summed E-state index contributed by atoms with van der Waals surface area (Å²) in [5.74, 6) is 1.65. The van der Waals surface area contributed by atoms with E-state index in [-0.39, 0.29) is 0 Å². The normalized spacial score (nSPS) is 11.2. The molecule has 0 aliphatic carbocycles. The Morgan fingerprint density at radius 2 is 1.12 bits per heavy atom. The minimum Gasteiger partial charge on any atom is -0.493 e. The molecule has 0 unspecified atom stereocenters. The predicted octanol–water partition coefficient (Wildman–Crippen LogP) is 11.7. The zero-order chi connectivity index (χ0) is 30.1. The van der Waals surface area contributed by atoms with E-state index in [1.54, 1.807) is 0 Å². The van der Waals surface area contributed by atoms with Crippen molar-refractivity contribution in [1.82, 2.24) is 9.97 Å². The van der Waals surface area contributed by atoms with Gasteiger partial charge in [0.15, 0.2) is 0 Å². The number of unbranched alkanes of at least 4 members (excludes halogenated alkanes) is 12. The molecule has 2 aromatic heterocycles. The fourth-order valence-electron chi connectivity index (χ4n) is 5.39. The van der Waals surface area contributed by atoms with Crippen molar-refractivity contribution >= 4 is 33.4 Å². The van der Waals surface area contributed by atoms with E-state index in [9.17, 15) is 0 Å². The van der Waals surface area contributed by atoms with Gasteiger partial charge in [0.1, 0.15) is 16.7 Å². The Hall–Kier alpha value is -3.37. The van der Waals surface area contributed by atoms with Crippen LogP contribution >= 0.6 is 11.6 Å². The van der Waals surface area contributed by atoms with Crippen LogP contribution in [0.4, 0.5) is 0 Å². The monoisotopic (exact) mass is 598 g/mol. The van der Waals surface area contributed by atoms with E-state index in [0.29, 0.717) is 18.4 Å². The number of nitrogens with zero attached hydrogens (tertiary/aromatic N) is 2. The first-order valence-corrected chi connectivity index (χ1v) is 16.6. The van der Waals surface area contributed by atoms with Crippen LogP contribution in [0.15, 0.2) is 79.9 Å². The lowest BCUT2D eigenvalue weighted by molar-refractivity contribution is 0.290. The van der Waals surface area contributed by atoms with Crippen molar-refractivity contribution in [2.24, 2.45) is 0 Å². The molecule has 228 valence electrons. The van der Waals surface area contributed by atoms with Crippen LogP contribution in [-0.2, 0) is 0 Å². The number of aromatic nitrogens is 2. The molecule has 0 N–H and O–H groups in total. The molecule has 2 aromatic carbocycles. The summed E-state index contributed by atoms with van der Waals surface area (Å²) >= 11 is 6.26. The second-order valence-electron chi connectivity index (χ2n) is 11.3. The van der Waals surface area contributed by atoms with Gasteiger partial charge < -0.3 is 9.47 Å². The Labute approximate surface area is 263 Å². The second kappa shape index (κ2) is 18.3. The first-order chi connectivity index (χ1) is 21.2. The standard InChI is InChI=1S/C38H47ClN2O2/c1-3-5-7-9-11-13-15-17-27-42-32-23-24-33(35(29-32)43-28-18-16-14-12-10-8-6-4-2)34-25-21-30-19-20-31-22-26-36(39)41-38(31)37(30)40-34/h3-4,19-26,29H,1-2,5-18,27-28H2. The number of benzene rings is 2. The SMILES string of the molecule is C=CCCCCCCCCOc1ccc(-c2ccc3ccc4ccc(Cl)nc4c3n2)c(OCCCCCCCCC=C)c1. The van der Waals surface area contributed by atoms with Crippen molar-refractivity contribution in [1.29, 1.82) is 0 Å². The molecule has 4 aromatic rings. The van der Waals surface area contributed by atoms with E-state index in [1.165, 1.54) is 64.2 Å². The van der Waals surface area contributed by atoms with Crippen molar-refractivity contribution in [3.05, 3.63) is 85.1 Å². The molecular formula is C38H47ClN2O2. The molecule has 4 nitrogen and oxygen atoms in total. The first kappa shape index (κ1) is 32.5. The fourth-order valence-corrected chi connectivity index (χ4v) is 5.53. The van der Waals surface area contributed by atoms with Crippen molar-refractivity contribution in [2.45, 2.75) is 89.9 Å². The molecule has 0 spiro atoms. The molecule has 0 saturated carbocycles. The van der Waals surface area contributed by atoms with Gasteiger partial charge in [0, 0.05) is 22.4 Å². The molecule has 2 heterocycles. The van der Waals surface area contributed by atoms with Crippen LogP contribution in [0.5, 0.6) is 11.5 Å². The number of rotatable bonds is 21. The Balaban J connectivity index is 1.43. The molecule has 0 fully saturated rings. The van der Waals surface area contributed by atoms with E-state index in [0.717, 1.165) is 70.2 Å². The molecule has 0 radical (unpaired) electrons. The number of allylic oxidation sites excluding steroid dienone is 2. The van der Waals surface area contributed by atoms with Gasteiger partial charge in [-0.15, -0.1) is 13.2 Å². The Morgan fingerprint density at radius 1 is 0.581 bits per heavy atom. The highest BCUT2D eigenvalue weighted by atomic mass is 35.5. The van der Waals surface area contributed by atoms with Gasteiger partial charge in [-0.2, -0.15) is 0 Å². The van der Waals surface area contributed by atoms with Crippen LogP contribution < -0.4 is 9.47 Å². The highest BCUT2D eigenvalue weighted by Gasteiger charge is 2.13. The van der Waals surface area contributed by atoms with Gasteiger partial charge in [-0.25, -0.2) is 9.97 Å². The number of hydrogen-bond acceptors (Lipinski definition) is 4. The zero-order valence-electron chi connectivity index (χ0n) is 25.7. The molecule has 4 rings (SSSR count). The Kier molecular flexibility index (Phi) is 13.9. The second-order valence-corrected chi connectivity index (χ2v) is 11.7. The van der Waals surface area contributed by atoms with Crippen LogP contribution in [-0.4, -0.2) is 23.2 Å². The Morgan fingerprint density at radius 3 is 1.77 bits per heavy atom. The van der Waals surface area contributed by atoms with Gasteiger partial charge in [0.2, 0.25) is 0 Å². The van der Waals surface area contributed by atoms with Gasteiger partial charge >= 0.3 is 0 Å². The molecule has 43 heavy (non-hydrogen) atoms. The molecule has 0 saturated heterocycles. The summed E-state index contributed by atoms with van der Waals surface area (Å²) < 4.78 is 12.6. The lowest BCUT2D eigenvalue weighted by atomic mass is 10.1. The van der Waals surface area contributed by atoms with E-state index in [4.69, 9.17) is 26.1 Å². The zero-order valence-corrected chi connectivity index (χ0v) is 26.4. The fraction of sp³-hybridized carbons (Fsp3) is 0.421. The van der Waals surface area contributed by atoms with E-state index in [2.05, 4.69) is 48.5 Å². The third kappa shape index (κ3) is 10.4. The molecule has 0 aliphatic rings. The van der Waals surface area contributed by atoms with Crippen LogP contribution in [0.3, 0.4) is 0 Å². The number of hydrogen-bond donors (Lipinski definition) is 0. The van der Waals surface area contributed by atoms with Crippen molar-refractivity contribution in [2.75, 3.05) is 13.2 Å². The smallest absolute Gasteiger partial charge is 0.132 e. The number of ether oxygens (including phenoxy) is 2. The van der Waals surface area contributed by atoms with Crippen LogP contribution in [0.2, 0.25) is 5.15 Å². The molecule has 5 heteroatoms. The lowest BCUT2D eigenvalue weighted by Gasteiger charge is -2.15. The highest BCUT2D eigenvalue weighted by molar-refractivity contribution is 6.30. The van der Waals surface area contributed by atoms with Gasteiger partial charge in [-0.1, -0.05) is 93.3 Å². The minimum absolute atomic E-state index is 0.464. The number of pyridine rings is 2. The minimum atomic E-state index is 0.464. The maximum Gasteiger partial charge on any atom is 0.132 e. The van der Waals surface area contributed by atoms with E-state index in [1.807, 2.05) is 36.4 Å². The maximum atomic E-state index is 6.41. The quantitative estimate of drug-likeness (QED) is 0.0414. The summed E-state index contributed by atoms with van der Waals surface area (Å²) in [5, 5.41) is 2.51. The van der Waals surface area contributed by atoms with Crippen molar-refractivity contribution in [3.63, 3.8) is 0 Å². The average molecular weight is 599 g/mol. The highest BCUT2D eigenvalue weighted by Crippen LogP contribution is 2.35. The predicted molar refractivity (Wildman–Crippen MR) is 184 cm³/mol. The van der Waals surface area contributed by atoms with Crippen molar-refractivity contribution in [3.8, 4) is 22.8 Å². The summed E-state index contributed by atoms with van der Waals surface area (Å²) in [5.41, 5.74) is 3.45. The summed E-state index contributed by atoms with van der Waals surface area (Å²) in [4.78, 5) is 9.66. The van der Waals surface area contributed by atoms with Gasteiger partial charge in [0.05, 0.1) is 29.9 Å². The summed E-state index contributed by atoms with van der Waals surface area (Å²) in [6.07, 6.45) is 20.8. The lowest BCUT2D eigenvalue weighted by Crippen LogP contribution is -2.02. The van der Waals surface area contributed by atoms with E-state index < -0.39 is 0 Å². The largest absolute Gasteiger partial charge is 0.493 e. The molecule has 0 aliphatic heterocycles. The third-order valence-corrected chi connectivity index (χ3v) is 8.06. The van der Waals surface area contributed by atoms with Gasteiger partial charge in [0.25, 0.3) is 0 Å². The van der Waals surface area contributed by atoms with Gasteiger partial charge in [-0.05, 0) is 68.9 Å². The maximum absolute atomic E-state index is 6.41. The first-order valence-electron chi connectivity index (χ1n) is 16.2. The third-order valence-electron chi connectivity index (χ3n) is 7.85. The van der Waals surface area contributed by atoms with Crippen LogP contribution in [0, 0.1) is 0 Å². The number of fused-ring (bicyclic) bond motifs is 3. The van der Waals surface area contributed by atoms with Crippen LogP contribution in [0.1, 0.15) is 89.9 Å². The topological polar surface area (TPSA) is 44.2 Å². The molecular weight excluding hydrogens is 552 g/mol. The number of halogens is 1. The van der Waals surface area contributed by atoms with Crippen molar-refractivity contribution < 1.29 is 9.47 Å². The van der Waals surface area contributed by atoms with E-state index >= 15 is 0 Å². The molecule has 0 atom stereocenters. The Bertz CT molecular complexity index is 1450. The van der Waals surface area contributed by atoms with Crippen LogP contribution in [0.25, 0.3) is 33.1 Å². The average Bonchev–Trinajstić information content (AvgIpc) is 3.03. The molecule has 0 bridgehead atoms. The summed E-state index contributed by atoms with van der Waals surface area (Å²) in [7, 11) is 0. The summed E-state index contributed by atoms with van der Waals surface area (Å²) in [6, 6.07) is 18.2. The van der Waals surface area contributed by atoms with Gasteiger partial charge in [-0.3, -0.25) is 0 Å². The molecule has 0 amide bonds. The summed E-state index contributed by atoms with van der Waals surface area (Å²) in [6.45, 7) is 9.00.